The molecule has 2 rings (SSSR count). The lowest BCUT2D eigenvalue weighted by Gasteiger charge is -2.16. The van der Waals surface area contributed by atoms with Crippen LogP contribution in [-0.4, -0.2) is 39.4 Å². The number of rotatable bonds is 5. The molecular weight excluding hydrogens is 288 g/mol. The Morgan fingerprint density at radius 1 is 1.36 bits per heavy atom. The van der Waals surface area contributed by atoms with Crippen LogP contribution in [0.1, 0.15) is 23.7 Å². The molecule has 118 valence electrons. The number of aliphatic hydroxyl groups is 1. The van der Waals surface area contributed by atoms with E-state index < -0.39 is 24.0 Å². The minimum Gasteiger partial charge on any atom is -0.480 e. The maximum Gasteiger partial charge on any atom is 0.328 e. The molecule has 2 atom stereocenters. The number of amides is 1. The minimum atomic E-state index is -1.35. The summed E-state index contributed by atoms with van der Waals surface area (Å²) in [4.78, 5) is 22.9. The van der Waals surface area contributed by atoms with Gasteiger partial charge in [0.15, 0.2) is 11.6 Å². The zero-order chi connectivity index (χ0) is 16.4. The van der Waals surface area contributed by atoms with Gasteiger partial charge in [0.1, 0.15) is 5.69 Å². The predicted octanol–water partition coefficient (Wildman–Crippen LogP) is 0.937. The van der Waals surface area contributed by atoms with Crippen LogP contribution in [0.2, 0.25) is 0 Å². The molecule has 7 heteroatoms. The average Bonchev–Trinajstić information content (AvgIpc) is 2.78. The second-order valence-electron chi connectivity index (χ2n) is 5.39. The molecule has 1 heterocycles. The van der Waals surface area contributed by atoms with Gasteiger partial charge < -0.3 is 20.1 Å². The summed E-state index contributed by atoms with van der Waals surface area (Å²) >= 11 is 0. The third-order valence-corrected chi connectivity index (χ3v) is 3.37. The Morgan fingerprint density at radius 2 is 2.05 bits per heavy atom. The Morgan fingerprint density at radius 3 is 2.64 bits per heavy atom. The fourth-order valence-corrected chi connectivity index (χ4v) is 2.33. The van der Waals surface area contributed by atoms with E-state index in [0.717, 1.165) is 16.5 Å². The van der Waals surface area contributed by atoms with Crippen LogP contribution >= 0.6 is 0 Å². The highest BCUT2D eigenvalue weighted by Crippen LogP contribution is 2.24. The summed E-state index contributed by atoms with van der Waals surface area (Å²) in [6, 6.07) is 2.46. The number of hydrogen-bond acceptors (Lipinski definition) is 5. The van der Waals surface area contributed by atoms with Crippen molar-refractivity contribution >= 4 is 22.8 Å². The van der Waals surface area contributed by atoms with Crippen molar-refractivity contribution in [2.75, 3.05) is 0 Å². The quantitative estimate of drug-likeness (QED) is 0.757. The van der Waals surface area contributed by atoms with Gasteiger partial charge in [-0.3, -0.25) is 4.79 Å². The number of aromatic nitrogens is 1. The van der Waals surface area contributed by atoms with E-state index in [9.17, 15) is 14.7 Å². The number of carboxylic acids is 1. The Balaban J connectivity index is 2.20. The van der Waals surface area contributed by atoms with E-state index >= 15 is 0 Å². The normalized spacial score (nSPS) is 13.8. The summed E-state index contributed by atoms with van der Waals surface area (Å²) in [5.41, 5.74) is 2.98. The van der Waals surface area contributed by atoms with Crippen LogP contribution in [0.5, 0.6) is 0 Å². The van der Waals surface area contributed by atoms with E-state index in [0.29, 0.717) is 11.3 Å². The predicted molar refractivity (Wildman–Crippen MR) is 78.4 cm³/mol. The average molecular weight is 306 g/mol. The maximum atomic E-state index is 12.0. The fourth-order valence-electron chi connectivity index (χ4n) is 2.33. The smallest absolute Gasteiger partial charge is 0.328 e. The first-order valence-corrected chi connectivity index (χ1v) is 6.85. The lowest BCUT2D eigenvalue weighted by Crippen LogP contribution is -2.48. The molecule has 0 bridgehead atoms. The van der Waals surface area contributed by atoms with Gasteiger partial charge in [-0.1, -0.05) is 11.2 Å². The third-order valence-electron chi connectivity index (χ3n) is 3.37. The molecule has 0 fully saturated rings. The SMILES string of the molecule is Cc1cc(C)c2onc(CC(=O)NC(C(=O)O)C(C)O)c2c1. The standard InChI is InChI=1S/C15H18N2O5/c1-7-4-8(2)14-10(5-7)11(17-22-14)6-12(19)16-13(9(3)18)15(20)21/h4-5,9,13,18H,6H2,1-3H3,(H,16,19)(H,20,21). The van der Waals surface area contributed by atoms with Crippen molar-refractivity contribution in [3.63, 3.8) is 0 Å². The number of aryl methyl sites for hydroxylation is 2. The zero-order valence-corrected chi connectivity index (χ0v) is 12.6. The molecule has 1 aromatic heterocycles. The number of aliphatic carboxylic acids is 1. The number of hydrogen-bond donors (Lipinski definition) is 3. The molecule has 0 aliphatic heterocycles. The highest BCUT2D eigenvalue weighted by atomic mass is 16.5. The van der Waals surface area contributed by atoms with E-state index in [-0.39, 0.29) is 6.42 Å². The topological polar surface area (TPSA) is 113 Å². The first-order chi connectivity index (χ1) is 10.3. The molecule has 1 amide bonds. The van der Waals surface area contributed by atoms with Crippen LogP contribution in [0.3, 0.4) is 0 Å². The molecule has 7 nitrogen and oxygen atoms in total. The van der Waals surface area contributed by atoms with Gasteiger partial charge in [0.2, 0.25) is 5.91 Å². The molecular formula is C15H18N2O5. The van der Waals surface area contributed by atoms with Crippen LogP contribution in [0.15, 0.2) is 16.7 Å². The number of benzene rings is 1. The first kappa shape index (κ1) is 16.0. The van der Waals surface area contributed by atoms with Crippen molar-refractivity contribution in [3.05, 3.63) is 29.0 Å². The van der Waals surface area contributed by atoms with E-state index in [2.05, 4.69) is 10.5 Å². The highest BCUT2D eigenvalue weighted by molar-refractivity contribution is 5.90. The lowest BCUT2D eigenvalue weighted by molar-refractivity contribution is -0.144. The van der Waals surface area contributed by atoms with E-state index in [4.69, 9.17) is 9.63 Å². The van der Waals surface area contributed by atoms with Gasteiger partial charge in [-0.15, -0.1) is 0 Å². The number of carboxylic acid groups (broad SMARTS) is 1. The number of carbonyl (C=O) groups excluding carboxylic acids is 1. The Bertz CT molecular complexity index is 720. The number of nitrogens with one attached hydrogen (secondary N) is 1. The van der Waals surface area contributed by atoms with E-state index in [1.165, 1.54) is 6.92 Å². The molecule has 0 aliphatic carbocycles. The summed E-state index contributed by atoms with van der Waals surface area (Å²) in [5, 5.41) is 25.2. The molecule has 0 aliphatic rings. The molecule has 0 spiro atoms. The van der Waals surface area contributed by atoms with Crippen molar-refractivity contribution in [2.45, 2.75) is 39.3 Å². The number of fused-ring (bicyclic) bond motifs is 1. The monoisotopic (exact) mass is 306 g/mol. The van der Waals surface area contributed by atoms with Crippen molar-refractivity contribution in [2.24, 2.45) is 0 Å². The lowest BCUT2D eigenvalue weighted by atomic mass is 10.1. The van der Waals surface area contributed by atoms with Crippen LogP contribution in [0, 0.1) is 13.8 Å². The van der Waals surface area contributed by atoms with Crippen LogP contribution < -0.4 is 5.32 Å². The molecule has 2 unspecified atom stereocenters. The summed E-state index contributed by atoms with van der Waals surface area (Å²) in [5.74, 6) is -1.83. The van der Waals surface area contributed by atoms with Crippen LogP contribution in [-0.2, 0) is 16.0 Å². The Kier molecular flexibility index (Phi) is 4.46. The highest BCUT2D eigenvalue weighted by Gasteiger charge is 2.25. The number of nitrogens with zero attached hydrogens (tertiary/aromatic N) is 1. The first-order valence-electron chi connectivity index (χ1n) is 6.85. The number of carbonyl (C=O) groups is 2. The molecule has 3 N–H and O–H groups in total. The summed E-state index contributed by atoms with van der Waals surface area (Å²) in [6.07, 6.45) is -1.31. The van der Waals surface area contributed by atoms with E-state index in [1.54, 1.807) is 0 Å². The maximum absolute atomic E-state index is 12.0. The van der Waals surface area contributed by atoms with Crippen LogP contribution in [0.4, 0.5) is 0 Å². The van der Waals surface area contributed by atoms with E-state index in [1.807, 2.05) is 26.0 Å². The second kappa shape index (κ2) is 6.15. The molecule has 0 radical (unpaired) electrons. The van der Waals surface area contributed by atoms with Crippen LogP contribution in [0.25, 0.3) is 11.0 Å². The third kappa shape index (κ3) is 3.25. The van der Waals surface area contributed by atoms with Gasteiger partial charge in [0.25, 0.3) is 0 Å². The van der Waals surface area contributed by atoms with Gasteiger partial charge in [-0.25, -0.2) is 4.79 Å². The fraction of sp³-hybridized carbons (Fsp3) is 0.400. The second-order valence-corrected chi connectivity index (χ2v) is 5.39. The van der Waals surface area contributed by atoms with Gasteiger partial charge in [0, 0.05) is 5.39 Å². The van der Waals surface area contributed by atoms with Gasteiger partial charge in [-0.2, -0.15) is 0 Å². The molecule has 22 heavy (non-hydrogen) atoms. The Labute approximate surface area is 126 Å². The summed E-state index contributed by atoms with van der Waals surface area (Å²) < 4.78 is 5.24. The van der Waals surface area contributed by atoms with Crippen molar-refractivity contribution in [3.8, 4) is 0 Å². The van der Waals surface area contributed by atoms with Crippen molar-refractivity contribution in [1.82, 2.24) is 10.5 Å². The molecule has 1 aromatic carbocycles. The van der Waals surface area contributed by atoms with Gasteiger partial charge in [0.05, 0.1) is 12.5 Å². The summed E-state index contributed by atoms with van der Waals surface area (Å²) in [6.45, 7) is 5.12. The summed E-state index contributed by atoms with van der Waals surface area (Å²) in [7, 11) is 0. The van der Waals surface area contributed by atoms with Crippen molar-refractivity contribution in [1.29, 1.82) is 0 Å². The molecule has 0 saturated heterocycles. The van der Waals surface area contributed by atoms with Gasteiger partial charge in [-0.05, 0) is 38.0 Å². The van der Waals surface area contributed by atoms with Gasteiger partial charge >= 0.3 is 5.97 Å². The largest absolute Gasteiger partial charge is 0.480 e. The molecule has 0 saturated carbocycles. The molecule has 2 aromatic rings. The zero-order valence-electron chi connectivity index (χ0n) is 12.6. The minimum absolute atomic E-state index is 0.119. The van der Waals surface area contributed by atoms with Crippen molar-refractivity contribution < 1.29 is 24.3 Å². The Hall–Kier alpha value is -2.41. The number of aliphatic hydroxyl groups excluding tert-OH is 1.